The summed E-state index contributed by atoms with van der Waals surface area (Å²) in [7, 11) is 1.65. The lowest BCUT2D eigenvalue weighted by Crippen LogP contribution is -2.17. The smallest absolute Gasteiger partial charge is 0.306 e. The van der Waals surface area contributed by atoms with Gasteiger partial charge in [0, 0.05) is 11.8 Å². The van der Waals surface area contributed by atoms with Crippen molar-refractivity contribution >= 4 is 5.97 Å². The SMILES string of the molecule is CCOC(=O)CC1COCC1c1ccc(OC)cc1. The van der Waals surface area contributed by atoms with Crippen molar-refractivity contribution in [3.8, 4) is 5.75 Å². The van der Waals surface area contributed by atoms with Crippen LogP contribution < -0.4 is 4.74 Å². The zero-order valence-electron chi connectivity index (χ0n) is 11.4. The standard InChI is InChI=1S/C15H20O4/c1-3-19-15(16)8-12-9-18-10-14(12)11-4-6-13(17-2)7-5-11/h4-7,12,14H,3,8-10H2,1-2H3. The number of rotatable bonds is 5. The Morgan fingerprint density at radius 2 is 2.05 bits per heavy atom. The third-order valence-corrected chi connectivity index (χ3v) is 3.48. The Labute approximate surface area is 113 Å². The van der Waals surface area contributed by atoms with Crippen molar-refractivity contribution in [2.45, 2.75) is 19.3 Å². The van der Waals surface area contributed by atoms with Gasteiger partial charge < -0.3 is 14.2 Å². The van der Waals surface area contributed by atoms with E-state index in [-0.39, 0.29) is 17.8 Å². The van der Waals surface area contributed by atoms with Gasteiger partial charge in [-0.15, -0.1) is 0 Å². The summed E-state index contributed by atoms with van der Waals surface area (Å²) < 4.78 is 15.7. The van der Waals surface area contributed by atoms with Crippen LogP contribution in [0.5, 0.6) is 5.75 Å². The van der Waals surface area contributed by atoms with Gasteiger partial charge in [-0.1, -0.05) is 12.1 Å². The first kappa shape index (κ1) is 13.9. The van der Waals surface area contributed by atoms with E-state index in [2.05, 4.69) is 0 Å². The lowest BCUT2D eigenvalue weighted by Gasteiger charge is -2.17. The Morgan fingerprint density at radius 1 is 1.32 bits per heavy atom. The van der Waals surface area contributed by atoms with Crippen LogP contribution in [0.2, 0.25) is 0 Å². The van der Waals surface area contributed by atoms with Crippen molar-refractivity contribution in [1.29, 1.82) is 0 Å². The van der Waals surface area contributed by atoms with Crippen molar-refractivity contribution in [3.63, 3.8) is 0 Å². The van der Waals surface area contributed by atoms with Crippen molar-refractivity contribution in [3.05, 3.63) is 29.8 Å². The topological polar surface area (TPSA) is 44.8 Å². The molecule has 0 N–H and O–H groups in total. The molecule has 0 amide bonds. The third-order valence-electron chi connectivity index (χ3n) is 3.48. The molecule has 104 valence electrons. The highest BCUT2D eigenvalue weighted by Gasteiger charge is 2.31. The summed E-state index contributed by atoms with van der Waals surface area (Å²) in [6, 6.07) is 7.96. The summed E-state index contributed by atoms with van der Waals surface area (Å²) in [5.41, 5.74) is 1.19. The molecule has 0 saturated carbocycles. The first-order valence-electron chi connectivity index (χ1n) is 6.62. The number of ether oxygens (including phenoxy) is 3. The van der Waals surface area contributed by atoms with Gasteiger partial charge in [0.15, 0.2) is 0 Å². The van der Waals surface area contributed by atoms with E-state index < -0.39 is 0 Å². The summed E-state index contributed by atoms with van der Waals surface area (Å²) in [4.78, 5) is 11.6. The molecule has 1 aliphatic rings. The van der Waals surface area contributed by atoms with Gasteiger partial charge in [-0.05, 0) is 24.6 Å². The average Bonchev–Trinajstić information content (AvgIpc) is 2.87. The Hall–Kier alpha value is -1.55. The van der Waals surface area contributed by atoms with Crippen molar-refractivity contribution in [1.82, 2.24) is 0 Å². The van der Waals surface area contributed by atoms with E-state index in [1.807, 2.05) is 31.2 Å². The lowest BCUT2D eigenvalue weighted by atomic mass is 9.87. The first-order valence-corrected chi connectivity index (χ1v) is 6.62. The summed E-state index contributed by atoms with van der Waals surface area (Å²) in [5.74, 6) is 1.16. The van der Waals surface area contributed by atoms with Crippen LogP contribution in [0.15, 0.2) is 24.3 Å². The molecule has 1 aliphatic heterocycles. The van der Waals surface area contributed by atoms with E-state index in [4.69, 9.17) is 14.2 Å². The molecule has 0 bridgehead atoms. The highest BCUT2D eigenvalue weighted by Crippen LogP contribution is 2.34. The maximum Gasteiger partial charge on any atom is 0.306 e. The molecule has 4 nitrogen and oxygen atoms in total. The van der Waals surface area contributed by atoms with Gasteiger partial charge in [-0.25, -0.2) is 0 Å². The van der Waals surface area contributed by atoms with Gasteiger partial charge in [-0.2, -0.15) is 0 Å². The number of benzene rings is 1. The van der Waals surface area contributed by atoms with Gasteiger partial charge in [0.2, 0.25) is 0 Å². The minimum Gasteiger partial charge on any atom is -0.497 e. The summed E-state index contributed by atoms with van der Waals surface area (Å²) in [5, 5.41) is 0. The van der Waals surface area contributed by atoms with Crippen LogP contribution in [0.25, 0.3) is 0 Å². The summed E-state index contributed by atoms with van der Waals surface area (Å²) in [6.45, 7) is 3.54. The predicted molar refractivity (Wildman–Crippen MR) is 71.3 cm³/mol. The van der Waals surface area contributed by atoms with Crippen LogP contribution in [0, 0.1) is 5.92 Å². The number of carbonyl (C=O) groups is 1. The fourth-order valence-electron chi connectivity index (χ4n) is 2.45. The number of hydrogen-bond donors (Lipinski definition) is 0. The van der Waals surface area contributed by atoms with Crippen LogP contribution in [0.3, 0.4) is 0 Å². The fraction of sp³-hybridized carbons (Fsp3) is 0.533. The maximum atomic E-state index is 11.6. The largest absolute Gasteiger partial charge is 0.497 e. The molecule has 1 aromatic carbocycles. The molecule has 0 aromatic heterocycles. The fourth-order valence-corrected chi connectivity index (χ4v) is 2.45. The summed E-state index contributed by atoms with van der Waals surface area (Å²) in [6.07, 6.45) is 0.421. The molecule has 2 atom stereocenters. The first-order chi connectivity index (χ1) is 9.24. The molecule has 2 rings (SSSR count). The normalized spacial score (nSPS) is 22.2. The molecule has 1 heterocycles. The second-order valence-electron chi connectivity index (χ2n) is 4.69. The number of carbonyl (C=O) groups excluding carboxylic acids is 1. The molecule has 1 fully saturated rings. The minimum absolute atomic E-state index is 0.142. The second-order valence-corrected chi connectivity index (χ2v) is 4.69. The molecule has 19 heavy (non-hydrogen) atoms. The van der Waals surface area contributed by atoms with Gasteiger partial charge in [0.25, 0.3) is 0 Å². The number of esters is 1. The van der Waals surface area contributed by atoms with Crippen LogP contribution in [0.4, 0.5) is 0 Å². The van der Waals surface area contributed by atoms with Crippen LogP contribution >= 0.6 is 0 Å². The van der Waals surface area contributed by atoms with E-state index in [0.717, 1.165) is 5.75 Å². The van der Waals surface area contributed by atoms with Crippen molar-refractivity contribution < 1.29 is 19.0 Å². The van der Waals surface area contributed by atoms with E-state index in [1.54, 1.807) is 7.11 Å². The highest BCUT2D eigenvalue weighted by molar-refractivity contribution is 5.69. The molecule has 2 unspecified atom stereocenters. The molecular formula is C15H20O4. The van der Waals surface area contributed by atoms with E-state index in [9.17, 15) is 4.79 Å². The molecule has 1 aromatic rings. The monoisotopic (exact) mass is 264 g/mol. The van der Waals surface area contributed by atoms with Crippen LogP contribution in [-0.2, 0) is 14.3 Å². The van der Waals surface area contributed by atoms with Gasteiger partial charge >= 0.3 is 5.97 Å². The maximum absolute atomic E-state index is 11.6. The molecular weight excluding hydrogens is 244 g/mol. The highest BCUT2D eigenvalue weighted by atomic mass is 16.5. The Bertz CT molecular complexity index is 413. The van der Waals surface area contributed by atoms with Crippen molar-refractivity contribution in [2.75, 3.05) is 26.9 Å². The lowest BCUT2D eigenvalue weighted by molar-refractivity contribution is -0.144. The number of methoxy groups -OCH3 is 1. The second kappa shape index (κ2) is 6.57. The van der Waals surface area contributed by atoms with Gasteiger partial charge in [-0.3, -0.25) is 4.79 Å². The van der Waals surface area contributed by atoms with E-state index >= 15 is 0 Å². The Kier molecular flexibility index (Phi) is 4.80. The average molecular weight is 264 g/mol. The molecule has 1 saturated heterocycles. The molecule has 0 spiro atoms. The van der Waals surface area contributed by atoms with Crippen LogP contribution in [0.1, 0.15) is 24.8 Å². The zero-order chi connectivity index (χ0) is 13.7. The summed E-state index contributed by atoms with van der Waals surface area (Å²) >= 11 is 0. The van der Waals surface area contributed by atoms with Crippen LogP contribution in [-0.4, -0.2) is 32.9 Å². The van der Waals surface area contributed by atoms with Crippen molar-refractivity contribution in [2.24, 2.45) is 5.92 Å². The molecule has 0 aliphatic carbocycles. The van der Waals surface area contributed by atoms with Gasteiger partial charge in [0.05, 0.1) is 33.4 Å². The number of hydrogen-bond acceptors (Lipinski definition) is 4. The Morgan fingerprint density at radius 3 is 2.68 bits per heavy atom. The quantitative estimate of drug-likeness (QED) is 0.766. The zero-order valence-corrected chi connectivity index (χ0v) is 11.4. The molecule has 4 heteroatoms. The van der Waals surface area contributed by atoms with E-state index in [1.165, 1.54) is 5.56 Å². The Balaban J connectivity index is 2.02. The molecule has 0 radical (unpaired) electrons. The minimum atomic E-state index is -0.142. The predicted octanol–water partition coefficient (Wildman–Crippen LogP) is 2.38. The third kappa shape index (κ3) is 3.47. The van der Waals surface area contributed by atoms with E-state index in [0.29, 0.717) is 26.2 Å². The van der Waals surface area contributed by atoms with Gasteiger partial charge in [0.1, 0.15) is 5.75 Å².